The molecule has 0 unspecified atom stereocenters. The molecular weight excluding hydrogens is 578 g/mol. The number of aryl methyl sites for hydroxylation is 1. The number of aromatic hydroxyl groups is 1. The van der Waals surface area contributed by atoms with Crippen LogP contribution in [0.3, 0.4) is 0 Å². The van der Waals surface area contributed by atoms with Gasteiger partial charge in [0.1, 0.15) is 10.9 Å². The van der Waals surface area contributed by atoms with Crippen LogP contribution in [-0.4, -0.2) is 62.6 Å². The van der Waals surface area contributed by atoms with Crippen molar-refractivity contribution in [3.8, 4) is 5.88 Å². The number of thioether (sulfide) groups is 1. The van der Waals surface area contributed by atoms with Crippen molar-refractivity contribution in [2.45, 2.75) is 68.8 Å². The average molecular weight is 614 g/mol. The summed E-state index contributed by atoms with van der Waals surface area (Å²) in [5.74, 6) is 0.182. The van der Waals surface area contributed by atoms with Crippen LogP contribution >= 0.6 is 23.4 Å². The van der Waals surface area contributed by atoms with Crippen LogP contribution in [0.25, 0.3) is 0 Å². The van der Waals surface area contributed by atoms with Crippen molar-refractivity contribution in [1.29, 1.82) is 0 Å². The minimum atomic E-state index is -0.777. The number of halogens is 1. The fraction of sp³-hybridized carbons (Fsp3) is 0.500. The van der Waals surface area contributed by atoms with Crippen LogP contribution in [0.5, 0.6) is 5.88 Å². The van der Waals surface area contributed by atoms with Gasteiger partial charge in [-0.2, -0.15) is 9.98 Å². The number of hydrogen-bond acceptors (Lipinski definition) is 11. The Labute approximate surface area is 253 Å². The number of aliphatic imine (C=N–C) groups is 1. The fourth-order valence-corrected chi connectivity index (χ4v) is 7.68. The van der Waals surface area contributed by atoms with Crippen LogP contribution in [0.1, 0.15) is 61.1 Å². The number of nitrogens with two attached hydrogens (primary N) is 2. The number of anilines is 1. The number of aromatic nitrogens is 2. The number of fused-ring (bicyclic) bond motifs is 1. The molecule has 14 heteroatoms. The molecule has 4 aliphatic rings. The number of carbonyl (C=O) groups excluding carboxylic acids is 1. The summed E-state index contributed by atoms with van der Waals surface area (Å²) in [4.78, 5) is 37.7. The van der Waals surface area contributed by atoms with Crippen LogP contribution < -0.4 is 27.8 Å². The van der Waals surface area contributed by atoms with Crippen LogP contribution in [0.4, 0.5) is 5.69 Å². The van der Waals surface area contributed by atoms with Crippen molar-refractivity contribution < 1.29 is 9.90 Å². The Morgan fingerprint density at radius 3 is 2.71 bits per heavy atom. The first-order valence-electron chi connectivity index (χ1n) is 14.4. The van der Waals surface area contributed by atoms with E-state index in [0.29, 0.717) is 40.5 Å². The number of hydrogen-bond donors (Lipinski definition) is 5. The van der Waals surface area contributed by atoms with Gasteiger partial charge in [-0.15, -0.1) is 0 Å². The topological polar surface area (TPSA) is 167 Å². The monoisotopic (exact) mass is 613 g/mol. The molecule has 4 heterocycles. The minimum absolute atomic E-state index is 0.250. The van der Waals surface area contributed by atoms with Gasteiger partial charge in [-0.05, 0) is 56.1 Å². The van der Waals surface area contributed by atoms with Gasteiger partial charge in [0.25, 0.3) is 11.5 Å². The Bertz CT molecular complexity index is 1530. The second-order valence-electron chi connectivity index (χ2n) is 11.5. The molecule has 12 nitrogen and oxygen atoms in total. The molecule has 7 N–H and O–H groups in total. The number of rotatable bonds is 4. The first-order valence-corrected chi connectivity index (χ1v) is 15.6. The molecule has 1 aliphatic carbocycles. The first-order chi connectivity index (χ1) is 20.2. The van der Waals surface area contributed by atoms with E-state index in [-0.39, 0.29) is 22.2 Å². The van der Waals surface area contributed by atoms with E-state index in [4.69, 9.17) is 23.1 Å². The summed E-state index contributed by atoms with van der Waals surface area (Å²) in [7, 11) is 1.86. The van der Waals surface area contributed by atoms with Crippen LogP contribution in [-0.2, 0) is 13.0 Å². The number of guanidine groups is 1. The van der Waals surface area contributed by atoms with E-state index in [1.165, 1.54) is 29.2 Å². The molecule has 2 fully saturated rings. The summed E-state index contributed by atoms with van der Waals surface area (Å²) in [5, 5.41) is 15.8. The first kappa shape index (κ1) is 28.7. The number of benzene rings is 1. The maximum Gasteiger partial charge on any atom is 0.270 e. The zero-order valence-electron chi connectivity index (χ0n) is 23.5. The van der Waals surface area contributed by atoms with Gasteiger partial charge in [-0.3, -0.25) is 24.6 Å². The van der Waals surface area contributed by atoms with Crippen LogP contribution in [0, 0.1) is 5.41 Å². The quantitative estimate of drug-likeness (QED) is 0.346. The van der Waals surface area contributed by atoms with Gasteiger partial charge in [0.05, 0.1) is 10.7 Å². The third-order valence-electron chi connectivity index (χ3n) is 8.96. The van der Waals surface area contributed by atoms with E-state index in [9.17, 15) is 14.7 Å². The molecule has 1 saturated heterocycles. The Balaban J connectivity index is 1.18. The Kier molecular flexibility index (Phi) is 7.75. The Morgan fingerprint density at radius 2 is 2.00 bits per heavy atom. The van der Waals surface area contributed by atoms with Crippen molar-refractivity contribution in [2.24, 2.45) is 21.9 Å². The largest absolute Gasteiger partial charge is 0.493 e. The number of nitrogens with zero attached hydrogens (tertiary/aromatic N) is 5. The molecular formula is C28H36ClN9O3S. The molecule has 3 aliphatic heterocycles. The van der Waals surface area contributed by atoms with E-state index in [2.05, 4.69) is 25.6 Å². The lowest BCUT2D eigenvalue weighted by Crippen LogP contribution is -2.55. The summed E-state index contributed by atoms with van der Waals surface area (Å²) >= 11 is 8.02. The summed E-state index contributed by atoms with van der Waals surface area (Å²) in [5.41, 5.74) is 15.8. The number of carbonyl (C=O) groups is 1. The molecule has 1 atom stereocenters. The zero-order chi connectivity index (χ0) is 29.6. The van der Waals surface area contributed by atoms with Crippen LogP contribution in [0.2, 0.25) is 5.02 Å². The molecule has 1 aromatic carbocycles. The van der Waals surface area contributed by atoms with Gasteiger partial charge in [0.15, 0.2) is 11.4 Å². The van der Waals surface area contributed by atoms with E-state index >= 15 is 0 Å². The molecule has 0 radical (unpaired) electrons. The molecule has 1 aromatic heterocycles. The molecule has 1 saturated carbocycles. The number of likely N-dealkylation sites (tertiary alicyclic amines) is 1. The van der Waals surface area contributed by atoms with Gasteiger partial charge in [0.2, 0.25) is 11.8 Å². The standard InChI is InChI=1S/C28H36ClN9O3S/c1-36-26(22(31)34-27(35-36)37-14-11-28(12-15-37)10-5-8-18(28)30)42-17-7-4-6-16(21(17)29)32-23(39)20-24(40)33-19-9-2-3-13-38(19)25(20)41/h4,6-7,18,40H,2-3,5,8-15,30-31H2,1H3,(H,32,39)(H,34,35)/t18-/m1/s1. The third-order valence-corrected chi connectivity index (χ3v) is 10.7. The van der Waals surface area contributed by atoms with Crippen molar-refractivity contribution in [3.05, 3.63) is 55.8 Å². The highest BCUT2D eigenvalue weighted by Crippen LogP contribution is 2.45. The van der Waals surface area contributed by atoms with Crippen molar-refractivity contribution in [2.75, 3.05) is 25.5 Å². The summed E-state index contributed by atoms with van der Waals surface area (Å²) in [6.45, 7) is 2.20. The maximum absolute atomic E-state index is 13.1. The minimum Gasteiger partial charge on any atom is -0.493 e. The normalized spacial score (nSPS) is 21.7. The molecule has 224 valence electrons. The number of nitrogens with one attached hydrogen (secondary N) is 2. The number of amides is 1. The highest BCUT2D eigenvalue weighted by atomic mass is 35.5. The average Bonchev–Trinajstić information content (AvgIpc) is 3.31. The van der Waals surface area contributed by atoms with Gasteiger partial charge in [-0.1, -0.05) is 35.9 Å². The maximum atomic E-state index is 13.1. The molecule has 0 bridgehead atoms. The molecule has 6 rings (SSSR count). The molecule has 2 aromatic rings. The summed E-state index contributed by atoms with van der Waals surface area (Å²) in [6.07, 6.45) is 7.88. The second kappa shape index (κ2) is 11.3. The second-order valence-corrected chi connectivity index (χ2v) is 12.9. The molecule has 42 heavy (non-hydrogen) atoms. The highest BCUT2D eigenvalue weighted by Gasteiger charge is 2.43. The van der Waals surface area contributed by atoms with Gasteiger partial charge < -0.3 is 26.8 Å². The SMILES string of the molecule is CN1NC(N2CCC3(CCC[C@H]3N)CC2)=NC(N)=C1Sc1cccc(NC(=O)c2c(O)nc3n(c2=O)CCCC3)c1Cl. The molecule has 1 amide bonds. The lowest BCUT2D eigenvalue weighted by molar-refractivity contribution is 0.102. The Morgan fingerprint density at radius 1 is 1.21 bits per heavy atom. The van der Waals surface area contributed by atoms with Gasteiger partial charge in [-0.25, -0.2) is 0 Å². The van der Waals surface area contributed by atoms with E-state index in [0.717, 1.165) is 45.2 Å². The van der Waals surface area contributed by atoms with E-state index in [1.807, 2.05) is 12.1 Å². The molecule has 1 spiro atoms. The zero-order valence-corrected chi connectivity index (χ0v) is 25.1. The smallest absolute Gasteiger partial charge is 0.270 e. The van der Waals surface area contributed by atoms with Crippen molar-refractivity contribution in [3.63, 3.8) is 0 Å². The van der Waals surface area contributed by atoms with E-state index < -0.39 is 22.9 Å². The summed E-state index contributed by atoms with van der Waals surface area (Å²) in [6, 6.07) is 5.45. The Hall–Kier alpha value is -3.42. The predicted molar refractivity (Wildman–Crippen MR) is 163 cm³/mol. The fourth-order valence-electron chi connectivity index (χ4n) is 6.51. The predicted octanol–water partition coefficient (Wildman–Crippen LogP) is 2.77. The van der Waals surface area contributed by atoms with Crippen LogP contribution in [0.15, 0.2) is 43.7 Å². The summed E-state index contributed by atoms with van der Waals surface area (Å²) < 4.78 is 1.45. The van der Waals surface area contributed by atoms with Gasteiger partial charge in [0, 0.05) is 44.0 Å². The lowest BCUT2D eigenvalue weighted by Gasteiger charge is -2.44. The number of piperidine rings is 1. The van der Waals surface area contributed by atoms with Crippen molar-refractivity contribution in [1.82, 2.24) is 24.9 Å². The third kappa shape index (κ3) is 5.18. The highest BCUT2D eigenvalue weighted by molar-refractivity contribution is 8.03. The van der Waals surface area contributed by atoms with Gasteiger partial charge >= 0.3 is 0 Å². The van der Waals surface area contributed by atoms with E-state index in [1.54, 1.807) is 18.2 Å². The number of hydrazine groups is 1. The van der Waals surface area contributed by atoms with Crippen molar-refractivity contribution >= 4 is 40.9 Å². The lowest BCUT2D eigenvalue weighted by atomic mass is 9.74.